The molecule has 0 spiro atoms. The topological polar surface area (TPSA) is 83.6 Å². The van der Waals surface area contributed by atoms with E-state index >= 15 is 0 Å². The zero-order valence-electron chi connectivity index (χ0n) is 15.3. The number of rotatable bonds is 6. The number of urea groups is 1. The molecule has 3 rings (SSSR count). The van der Waals surface area contributed by atoms with Crippen LogP contribution in [0.4, 0.5) is 24.4 Å². The highest BCUT2D eigenvalue weighted by Gasteiger charge is 2.15. The molecule has 0 aliphatic heterocycles. The predicted molar refractivity (Wildman–Crippen MR) is 108 cm³/mol. The van der Waals surface area contributed by atoms with Crippen molar-refractivity contribution in [3.63, 3.8) is 0 Å². The van der Waals surface area contributed by atoms with Gasteiger partial charge < -0.3 is 4.74 Å². The van der Waals surface area contributed by atoms with Gasteiger partial charge in [-0.05, 0) is 25.2 Å². The van der Waals surface area contributed by atoms with E-state index in [0.29, 0.717) is 10.6 Å². The highest BCUT2D eigenvalue weighted by Crippen LogP contribution is 2.31. The number of nitrogens with one attached hydrogen (secondary N) is 2. The lowest BCUT2D eigenvalue weighted by Gasteiger charge is -2.17. The Balaban J connectivity index is 1.67. The molecule has 7 nitrogen and oxygen atoms in total. The standard InChI is InChI=1S/C18H16F2N4O3S2/c1-21-29(26)15-5-3-4-13(9-15)24(2)18(25)23-17-22-10-16(28-17)27-14-7-11(19)6-12(20)8-14/h3-10,21H,1-2H3,(H,22,23,25). The minimum absolute atomic E-state index is 0.0181. The first-order chi connectivity index (χ1) is 13.9. The van der Waals surface area contributed by atoms with Crippen molar-refractivity contribution in [1.82, 2.24) is 9.71 Å². The summed E-state index contributed by atoms with van der Waals surface area (Å²) in [6.45, 7) is 0. The molecule has 1 aromatic heterocycles. The lowest BCUT2D eigenvalue weighted by molar-refractivity contribution is 0.258. The fourth-order valence-electron chi connectivity index (χ4n) is 2.29. The van der Waals surface area contributed by atoms with E-state index in [9.17, 15) is 17.8 Å². The van der Waals surface area contributed by atoms with Gasteiger partial charge in [0.25, 0.3) is 0 Å². The Hall–Kier alpha value is -2.89. The highest BCUT2D eigenvalue weighted by atomic mass is 32.2. The van der Waals surface area contributed by atoms with Crippen molar-refractivity contribution in [2.45, 2.75) is 4.90 Å². The van der Waals surface area contributed by atoms with Gasteiger partial charge in [-0.3, -0.25) is 10.2 Å². The maximum Gasteiger partial charge on any atom is 0.327 e. The first kappa shape index (κ1) is 20.8. The second-order valence-electron chi connectivity index (χ2n) is 5.65. The predicted octanol–water partition coefficient (Wildman–Crippen LogP) is 4.12. The third-order valence-corrected chi connectivity index (χ3v) is 5.51. The van der Waals surface area contributed by atoms with Gasteiger partial charge in [0.15, 0.2) is 5.13 Å². The first-order valence-electron chi connectivity index (χ1n) is 8.19. The van der Waals surface area contributed by atoms with E-state index in [1.54, 1.807) is 38.4 Å². The van der Waals surface area contributed by atoms with E-state index in [1.807, 2.05) is 0 Å². The summed E-state index contributed by atoms with van der Waals surface area (Å²) in [6.07, 6.45) is 1.33. The van der Waals surface area contributed by atoms with Crippen LogP contribution in [0.15, 0.2) is 53.6 Å². The Morgan fingerprint density at radius 2 is 1.93 bits per heavy atom. The lowest BCUT2D eigenvalue weighted by Crippen LogP contribution is -2.31. The molecule has 0 aliphatic rings. The molecule has 0 aliphatic carbocycles. The fourth-order valence-corrected chi connectivity index (χ4v) is 3.63. The number of hydrogen-bond donors (Lipinski definition) is 2. The van der Waals surface area contributed by atoms with Crippen molar-refractivity contribution in [2.24, 2.45) is 0 Å². The first-order valence-corrected chi connectivity index (χ1v) is 10.2. The molecule has 0 saturated heterocycles. The second-order valence-corrected chi connectivity index (χ2v) is 8.06. The zero-order valence-corrected chi connectivity index (χ0v) is 16.9. The fraction of sp³-hybridized carbons (Fsp3) is 0.111. The van der Waals surface area contributed by atoms with E-state index in [0.717, 1.165) is 29.5 Å². The molecule has 1 heterocycles. The van der Waals surface area contributed by atoms with Gasteiger partial charge in [-0.25, -0.2) is 27.5 Å². The van der Waals surface area contributed by atoms with Crippen LogP contribution in [0.1, 0.15) is 0 Å². The van der Waals surface area contributed by atoms with Gasteiger partial charge in [-0.15, -0.1) is 0 Å². The van der Waals surface area contributed by atoms with Crippen LogP contribution in [0.2, 0.25) is 0 Å². The normalized spacial score (nSPS) is 11.7. The van der Waals surface area contributed by atoms with Gasteiger partial charge in [0.2, 0.25) is 5.06 Å². The number of amides is 2. The molecular formula is C18H16F2N4O3S2. The molecule has 152 valence electrons. The van der Waals surface area contributed by atoms with Crippen LogP contribution in [0, 0.1) is 11.6 Å². The van der Waals surface area contributed by atoms with Gasteiger partial charge in [0.05, 0.1) is 11.1 Å². The van der Waals surface area contributed by atoms with Crippen molar-refractivity contribution in [1.29, 1.82) is 0 Å². The third-order valence-electron chi connectivity index (χ3n) is 3.66. The number of aromatic nitrogens is 1. The zero-order chi connectivity index (χ0) is 21.0. The van der Waals surface area contributed by atoms with Crippen LogP contribution < -0.4 is 19.7 Å². The molecule has 0 radical (unpaired) electrons. The van der Waals surface area contributed by atoms with Crippen molar-refractivity contribution < 1.29 is 22.5 Å². The molecule has 2 aromatic carbocycles. The minimum Gasteiger partial charge on any atom is -0.445 e. The van der Waals surface area contributed by atoms with E-state index in [2.05, 4.69) is 15.0 Å². The Labute approximate surface area is 171 Å². The highest BCUT2D eigenvalue weighted by molar-refractivity contribution is 7.83. The molecule has 1 atom stereocenters. The van der Waals surface area contributed by atoms with Crippen molar-refractivity contribution in [3.05, 3.63) is 60.3 Å². The molecule has 3 aromatic rings. The summed E-state index contributed by atoms with van der Waals surface area (Å²) in [4.78, 5) is 18.4. The molecule has 0 bridgehead atoms. The Morgan fingerprint density at radius 3 is 2.62 bits per heavy atom. The molecule has 2 N–H and O–H groups in total. The number of halogens is 2. The summed E-state index contributed by atoms with van der Waals surface area (Å²) in [5.41, 5.74) is 0.534. The van der Waals surface area contributed by atoms with Gasteiger partial charge >= 0.3 is 6.03 Å². The molecule has 2 amide bonds. The Kier molecular flexibility index (Phi) is 6.52. The summed E-state index contributed by atoms with van der Waals surface area (Å²) in [7, 11) is 1.75. The number of benzene rings is 2. The number of hydrogen-bond acceptors (Lipinski definition) is 5. The summed E-state index contributed by atoms with van der Waals surface area (Å²) >= 11 is 0.997. The van der Waals surface area contributed by atoms with Gasteiger partial charge in [0, 0.05) is 30.9 Å². The van der Waals surface area contributed by atoms with E-state index in [-0.39, 0.29) is 15.9 Å². The van der Waals surface area contributed by atoms with Crippen LogP contribution in [0.25, 0.3) is 0 Å². The number of anilines is 2. The molecule has 0 saturated carbocycles. The molecule has 1 unspecified atom stereocenters. The quantitative estimate of drug-likeness (QED) is 0.606. The van der Waals surface area contributed by atoms with E-state index in [4.69, 9.17) is 4.74 Å². The van der Waals surface area contributed by atoms with Crippen molar-refractivity contribution >= 4 is 39.2 Å². The van der Waals surface area contributed by atoms with Crippen LogP contribution in [-0.4, -0.2) is 29.3 Å². The SMILES string of the molecule is CNS(=O)c1cccc(N(C)C(=O)Nc2ncc(Oc3cc(F)cc(F)c3)s2)c1. The molecule has 29 heavy (non-hydrogen) atoms. The van der Waals surface area contributed by atoms with Gasteiger partial charge in [-0.2, -0.15) is 0 Å². The Bertz CT molecular complexity index is 1040. The smallest absolute Gasteiger partial charge is 0.327 e. The Morgan fingerprint density at radius 1 is 1.21 bits per heavy atom. The van der Waals surface area contributed by atoms with E-state index in [1.165, 1.54) is 11.1 Å². The van der Waals surface area contributed by atoms with Gasteiger partial charge in [0.1, 0.15) is 28.4 Å². The van der Waals surface area contributed by atoms with Crippen LogP contribution in [0.3, 0.4) is 0 Å². The van der Waals surface area contributed by atoms with Crippen LogP contribution >= 0.6 is 11.3 Å². The minimum atomic E-state index is -1.38. The second kappa shape index (κ2) is 9.07. The summed E-state index contributed by atoms with van der Waals surface area (Å²) < 4.78 is 46.3. The molecular weight excluding hydrogens is 422 g/mol. The number of carbonyl (C=O) groups is 1. The van der Waals surface area contributed by atoms with Crippen LogP contribution in [-0.2, 0) is 11.0 Å². The number of carbonyl (C=O) groups excluding carboxylic acids is 1. The van der Waals surface area contributed by atoms with Crippen molar-refractivity contribution in [3.8, 4) is 10.8 Å². The monoisotopic (exact) mass is 438 g/mol. The maximum atomic E-state index is 13.2. The molecule has 11 heteroatoms. The summed E-state index contributed by atoms with van der Waals surface area (Å²) in [6, 6.07) is 9.04. The van der Waals surface area contributed by atoms with Gasteiger partial charge in [-0.1, -0.05) is 17.4 Å². The number of nitrogens with zero attached hydrogens (tertiary/aromatic N) is 2. The van der Waals surface area contributed by atoms with E-state index < -0.39 is 28.7 Å². The van der Waals surface area contributed by atoms with Crippen molar-refractivity contribution in [2.75, 3.05) is 24.3 Å². The average molecular weight is 438 g/mol. The van der Waals surface area contributed by atoms with Crippen LogP contribution in [0.5, 0.6) is 10.8 Å². The number of ether oxygens (including phenoxy) is 1. The largest absolute Gasteiger partial charge is 0.445 e. The third kappa shape index (κ3) is 5.34. The molecule has 0 fully saturated rings. The average Bonchev–Trinajstić information content (AvgIpc) is 3.12. The lowest BCUT2D eigenvalue weighted by atomic mass is 10.3. The summed E-state index contributed by atoms with van der Waals surface area (Å²) in [5, 5.41) is 3.10. The number of thiazole rings is 1. The summed E-state index contributed by atoms with van der Waals surface area (Å²) in [5.74, 6) is -1.54. The maximum absolute atomic E-state index is 13.2.